The lowest BCUT2D eigenvalue weighted by Gasteiger charge is -2.23. The molecule has 1 aliphatic rings. The van der Waals surface area contributed by atoms with Gasteiger partial charge in [0.05, 0.1) is 5.92 Å². The predicted molar refractivity (Wildman–Crippen MR) is 69.9 cm³/mol. The van der Waals surface area contributed by atoms with Gasteiger partial charge in [-0.05, 0) is 17.9 Å². The van der Waals surface area contributed by atoms with Crippen molar-refractivity contribution in [1.29, 1.82) is 0 Å². The van der Waals surface area contributed by atoms with Gasteiger partial charge in [-0.3, -0.25) is 14.5 Å². The van der Waals surface area contributed by atoms with Crippen LogP contribution in [0.1, 0.15) is 31.7 Å². The van der Waals surface area contributed by atoms with Crippen LogP contribution in [-0.2, 0) is 9.59 Å². The third kappa shape index (κ3) is 1.94. The number of benzene rings is 1. The molecule has 3 atom stereocenters. The smallest absolute Gasteiger partial charge is 0.233 e. The van der Waals surface area contributed by atoms with E-state index in [2.05, 4.69) is 6.92 Å². The molecule has 1 fully saturated rings. The zero-order valence-electron chi connectivity index (χ0n) is 11.1. The van der Waals surface area contributed by atoms with Crippen LogP contribution in [0.2, 0.25) is 0 Å². The fourth-order valence-electron chi connectivity index (χ4n) is 2.92. The normalized spacial score (nSPS) is 25.6. The minimum absolute atomic E-state index is 0.0387. The highest BCUT2D eigenvalue weighted by Gasteiger charge is 2.46. The molecule has 1 aliphatic heterocycles. The van der Waals surface area contributed by atoms with Crippen molar-refractivity contribution in [3.63, 3.8) is 0 Å². The summed E-state index contributed by atoms with van der Waals surface area (Å²) in [6.07, 6.45) is 0.867. The first kappa shape index (κ1) is 12.8. The Kier molecular flexibility index (Phi) is 3.50. The van der Waals surface area contributed by atoms with E-state index >= 15 is 0 Å². The molecule has 1 aromatic rings. The van der Waals surface area contributed by atoms with Gasteiger partial charge in [0.15, 0.2) is 0 Å². The van der Waals surface area contributed by atoms with E-state index in [9.17, 15) is 9.59 Å². The summed E-state index contributed by atoms with van der Waals surface area (Å²) in [6.45, 7) is 3.93. The van der Waals surface area contributed by atoms with Crippen molar-refractivity contribution >= 4 is 11.8 Å². The molecular formula is C15H19NO2. The molecule has 3 heteroatoms. The van der Waals surface area contributed by atoms with Crippen molar-refractivity contribution < 1.29 is 9.59 Å². The van der Waals surface area contributed by atoms with E-state index in [-0.39, 0.29) is 29.6 Å². The maximum absolute atomic E-state index is 12.2. The van der Waals surface area contributed by atoms with Crippen LogP contribution < -0.4 is 0 Å². The van der Waals surface area contributed by atoms with E-state index in [1.165, 1.54) is 4.90 Å². The summed E-state index contributed by atoms with van der Waals surface area (Å²) in [5.74, 6) is -0.396. The Morgan fingerprint density at radius 3 is 2.22 bits per heavy atom. The lowest BCUT2D eigenvalue weighted by atomic mass is 9.78. The van der Waals surface area contributed by atoms with Crippen LogP contribution in [0.3, 0.4) is 0 Å². The molecular weight excluding hydrogens is 226 g/mol. The fourth-order valence-corrected chi connectivity index (χ4v) is 2.92. The van der Waals surface area contributed by atoms with Gasteiger partial charge in [0.25, 0.3) is 0 Å². The van der Waals surface area contributed by atoms with Gasteiger partial charge in [0.2, 0.25) is 11.8 Å². The molecule has 1 saturated heterocycles. The Balaban J connectivity index is 2.35. The minimum Gasteiger partial charge on any atom is -0.285 e. The zero-order valence-corrected chi connectivity index (χ0v) is 11.1. The second kappa shape index (κ2) is 4.92. The molecule has 2 rings (SSSR count). The summed E-state index contributed by atoms with van der Waals surface area (Å²) in [7, 11) is 1.58. The molecule has 0 bridgehead atoms. The molecule has 96 valence electrons. The maximum Gasteiger partial charge on any atom is 0.233 e. The van der Waals surface area contributed by atoms with Gasteiger partial charge in [-0.1, -0.05) is 44.2 Å². The van der Waals surface area contributed by atoms with Crippen molar-refractivity contribution in [3.05, 3.63) is 35.9 Å². The summed E-state index contributed by atoms with van der Waals surface area (Å²) < 4.78 is 0. The van der Waals surface area contributed by atoms with E-state index in [1.54, 1.807) is 7.05 Å². The van der Waals surface area contributed by atoms with E-state index in [0.717, 1.165) is 12.0 Å². The molecule has 0 N–H and O–H groups in total. The number of hydrogen-bond donors (Lipinski definition) is 0. The number of imide groups is 1. The molecule has 0 radical (unpaired) electrons. The second-order valence-corrected chi connectivity index (χ2v) is 4.98. The molecule has 0 aromatic heterocycles. The number of likely N-dealkylation sites (tertiary alicyclic amines) is 1. The summed E-state index contributed by atoms with van der Waals surface area (Å²) in [5, 5.41) is 0. The highest BCUT2D eigenvalue weighted by atomic mass is 16.2. The molecule has 0 spiro atoms. The third-order valence-electron chi connectivity index (χ3n) is 3.98. The lowest BCUT2D eigenvalue weighted by molar-refractivity contribution is -0.138. The zero-order chi connectivity index (χ0) is 13.3. The highest BCUT2D eigenvalue weighted by molar-refractivity contribution is 6.05. The number of carbonyl (C=O) groups excluding carboxylic acids is 2. The molecule has 18 heavy (non-hydrogen) atoms. The molecule has 1 heterocycles. The van der Waals surface area contributed by atoms with Crippen molar-refractivity contribution in [3.8, 4) is 0 Å². The van der Waals surface area contributed by atoms with Crippen LogP contribution in [-0.4, -0.2) is 23.8 Å². The minimum atomic E-state index is -0.215. The first-order chi connectivity index (χ1) is 8.57. The van der Waals surface area contributed by atoms with Crippen LogP contribution in [0.5, 0.6) is 0 Å². The van der Waals surface area contributed by atoms with E-state index in [1.807, 2.05) is 37.3 Å². The highest BCUT2D eigenvalue weighted by Crippen LogP contribution is 2.38. The van der Waals surface area contributed by atoms with Gasteiger partial charge >= 0.3 is 0 Å². The van der Waals surface area contributed by atoms with Crippen molar-refractivity contribution in [1.82, 2.24) is 4.90 Å². The van der Waals surface area contributed by atoms with Crippen molar-refractivity contribution in [2.45, 2.75) is 26.2 Å². The number of rotatable bonds is 3. The van der Waals surface area contributed by atoms with Gasteiger partial charge in [-0.2, -0.15) is 0 Å². The number of hydrogen-bond acceptors (Lipinski definition) is 2. The van der Waals surface area contributed by atoms with Gasteiger partial charge in [0.1, 0.15) is 0 Å². The summed E-state index contributed by atoms with van der Waals surface area (Å²) in [6, 6.07) is 10.0. The van der Waals surface area contributed by atoms with Crippen LogP contribution >= 0.6 is 0 Å². The van der Waals surface area contributed by atoms with Crippen molar-refractivity contribution in [2.75, 3.05) is 7.05 Å². The molecule has 3 nitrogen and oxygen atoms in total. The second-order valence-electron chi connectivity index (χ2n) is 4.98. The Bertz CT molecular complexity index is 455. The van der Waals surface area contributed by atoms with Crippen LogP contribution in [0, 0.1) is 11.8 Å². The Morgan fingerprint density at radius 1 is 1.17 bits per heavy atom. The van der Waals surface area contributed by atoms with Crippen LogP contribution in [0.4, 0.5) is 0 Å². The van der Waals surface area contributed by atoms with E-state index < -0.39 is 0 Å². The fraction of sp³-hybridized carbons (Fsp3) is 0.467. The average Bonchev–Trinajstić information content (AvgIpc) is 2.59. The monoisotopic (exact) mass is 245 g/mol. The number of carbonyl (C=O) groups is 2. The van der Waals surface area contributed by atoms with Crippen LogP contribution in [0.15, 0.2) is 30.3 Å². The molecule has 0 aliphatic carbocycles. The Morgan fingerprint density at radius 2 is 1.78 bits per heavy atom. The SMILES string of the molecule is CCC(c1ccccc1)C1C(=O)N(C)C(=O)C1C. The molecule has 1 aromatic carbocycles. The van der Waals surface area contributed by atoms with Gasteiger partial charge in [0, 0.05) is 13.0 Å². The molecule has 3 unspecified atom stereocenters. The van der Waals surface area contributed by atoms with Gasteiger partial charge < -0.3 is 0 Å². The maximum atomic E-state index is 12.2. The number of nitrogens with zero attached hydrogens (tertiary/aromatic N) is 1. The Labute approximate surface area is 108 Å². The molecule has 0 saturated carbocycles. The van der Waals surface area contributed by atoms with Crippen molar-refractivity contribution in [2.24, 2.45) is 11.8 Å². The number of amides is 2. The van der Waals surface area contributed by atoms with E-state index in [4.69, 9.17) is 0 Å². The largest absolute Gasteiger partial charge is 0.285 e. The average molecular weight is 245 g/mol. The van der Waals surface area contributed by atoms with Crippen LogP contribution in [0.25, 0.3) is 0 Å². The van der Waals surface area contributed by atoms with Gasteiger partial charge in [-0.15, -0.1) is 0 Å². The molecule has 2 amide bonds. The first-order valence-corrected chi connectivity index (χ1v) is 6.44. The standard InChI is InChI=1S/C15H19NO2/c1-4-12(11-8-6-5-7-9-11)13-10(2)14(17)16(3)15(13)18/h5-10,12-13H,4H2,1-3H3. The quantitative estimate of drug-likeness (QED) is 0.767. The lowest BCUT2D eigenvalue weighted by Crippen LogP contribution is -2.27. The topological polar surface area (TPSA) is 37.4 Å². The van der Waals surface area contributed by atoms with E-state index in [0.29, 0.717) is 0 Å². The predicted octanol–water partition coefficient (Wildman–Crippen LogP) is 2.43. The van der Waals surface area contributed by atoms with Gasteiger partial charge in [-0.25, -0.2) is 0 Å². The Hall–Kier alpha value is -1.64. The first-order valence-electron chi connectivity index (χ1n) is 6.44. The summed E-state index contributed by atoms with van der Waals surface area (Å²) >= 11 is 0. The summed E-state index contributed by atoms with van der Waals surface area (Å²) in [5.41, 5.74) is 1.15. The summed E-state index contributed by atoms with van der Waals surface area (Å²) in [4.78, 5) is 25.4. The third-order valence-corrected chi connectivity index (χ3v) is 3.98.